The summed E-state index contributed by atoms with van der Waals surface area (Å²) < 4.78 is 59.1. The van der Waals surface area contributed by atoms with Crippen molar-refractivity contribution in [2.24, 2.45) is 5.41 Å². The Bertz CT molecular complexity index is 1040. The van der Waals surface area contributed by atoms with Gasteiger partial charge in [-0.25, -0.2) is 9.37 Å². The van der Waals surface area contributed by atoms with Gasteiger partial charge in [0.05, 0.1) is 5.56 Å². The third-order valence-electron chi connectivity index (χ3n) is 6.20. The fraction of sp³-hybridized carbons (Fsp3) is 0.545. The molecule has 2 aromatic rings. The lowest BCUT2D eigenvalue weighted by atomic mass is 9.72. The van der Waals surface area contributed by atoms with Gasteiger partial charge < -0.3 is 19.9 Å². The zero-order valence-electron chi connectivity index (χ0n) is 19.3. The molecule has 1 aromatic heterocycles. The highest BCUT2D eigenvalue weighted by molar-refractivity contribution is 5.97. The number of nitrogens with zero attached hydrogens (tertiary/aromatic N) is 5. The van der Waals surface area contributed by atoms with Gasteiger partial charge in [-0.05, 0) is 58.0 Å². The number of rotatable bonds is 6. The van der Waals surface area contributed by atoms with E-state index in [4.69, 9.17) is 4.74 Å². The highest BCUT2D eigenvalue weighted by Gasteiger charge is 2.45. The minimum Gasteiger partial charge on any atom is -0.434 e. The zero-order valence-corrected chi connectivity index (χ0v) is 20.1. The van der Waals surface area contributed by atoms with Crippen LogP contribution in [-0.4, -0.2) is 70.9 Å². The third kappa shape index (κ3) is 6.10. The van der Waals surface area contributed by atoms with Crippen LogP contribution in [-0.2, 0) is 0 Å². The number of piperidine rings is 1. The summed E-state index contributed by atoms with van der Waals surface area (Å²) in [5, 5.41) is 11.1. The Morgan fingerprint density at radius 2 is 1.94 bits per heavy atom. The first kappa shape index (κ1) is 26.9. The Labute approximate surface area is 206 Å². The molecule has 0 aliphatic carbocycles. The van der Waals surface area contributed by atoms with E-state index in [1.54, 1.807) is 0 Å². The maximum atomic E-state index is 14.0. The maximum absolute atomic E-state index is 14.0. The number of amides is 1. The van der Waals surface area contributed by atoms with Crippen molar-refractivity contribution in [3.05, 3.63) is 35.9 Å². The number of benzene rings is 1. The van der Waals surface area contributed by atoms with Gasteiger partial charge in [-0.2, -0.15) is 13.2 Å². The number of nitrogens with one attached hydrogen (secondary N) is 1. The number of ether oxygens (including phenoxy) is 1. The van der Waals surface area contributed by atoms with Gasteiger partial charge in [0.2, 0.25) is 0 Å². The summed E-state index contributed by atoms with van der Waals surface area (Å²) in [6, 6.07) is 2.34. The molecule has 1 N–H and O–H groups in total. The summed E-state index contributed by atoms with van der Waals surface area (Å²) >= 11 is 0. The lowest BCUT2D eigenvalue weighted by Gasteiger charge is -2.52. The quantitative estimate of drug-likeness (QED) is 0.582. The third-order valence-corrected chi connectivity index (χ3v) is 6.20. The fourth-order valence-corrected chi connectivity index (χ4v) is 4.43. The Morgan fingerprint density at radius 1 is 1.26 bits per heavy atom. The number of aromatic nitrogens is 3. The van der Waals surface area contributed by atoms with E-state index in [9.17, 15) is 22.4 Å². The van der Waals surface area contributed by atoms with Crippen LogP contribution in [0.15, 0.2) is 24.5 Å². The number of carbonyl (C=O) groups is 1. The summed E-state index contributed by atoms with van der Waals surface area (Å²) in [7, 11) is 0. The topological polar surface area (TPSA) is 83.5 Å². The van der Waals surface area contributed by atoms with Crippen molar-refractivity contribution in [3.8, 4) is 11.6 Å². The number of carbonyl (C=O) groups excluding carboxylic acids is 1. The molecule has 35 heavy (non-hydrogen) atoms. The van der Waals surface area contributed by atoms with Gasteiger partial charge in [-0.3, -0.25) is 4.79 Å². The SMILES string of the molecule is CC(C)N(CC(F)(F)F)C(=O)c1cc(F)ccc1Oc1nncnc1N1CC2(CCNCC2)C1.Cl. The molecule has 2 aliphatic heterocycles. The average Bonchev–Trinajstić information content (AvgIpc) is 2.77. The molecule has 2 saturated heterocycles. The second-order valence-electron chi connectivity index (χ2n) is 9.08. The number of hydrogen-bond acceptors (Lipinski definition) is 7. The lowest BCUT2D eigenvalue weighted by Crippen LogP contribution is -2.60. The number of hydrogen-bond donors (Lipinski definition) is 1. The van der Waals surface area contributed by atoms with Gasteiger partial charge in [-0.15, -0.1) is 22.6 Å². The van der Waals surface area contributed by atoms with Gasteiger partial charge in [0, 0.05) is 24.5 Å². The smallest absolute Gasteiger partial charge is 0.406 e. The molecular formula is C22H27ClF4N6O2. The monoisotopic (exact) mass is 518 g/mol. The molecular weight excluding hydrogens is 492 g/mol. The molecule has 0 radical (unpaired) electrons. The van der Waals surface area contributed by atoms with Crippen molar-refractivity contribution in [1.82, 2.24) is 25.4 Å². The van der Waals surface area contributed by atoms with E-state index in [0.717, 1.165) is 51.2 Å². The highest BCUT2D eigenvalue weighted by Crippen LogP contribution is 2.43. The van der Waals surface area contributed by atoms with Crippen molar-refractivity contribution in [2.75, 3.05) is 37.6 Å². The largest absolute Gasteiger partial charge is 0.434 e. The van der Waals surface area contributed by atoms with Gasteiger partial charge in [-0.1, -0.05) is 0 Å². The van der Waals surface area contributed by atoms with Crippen molar-refractivity contribution in [3.63, 3.8) is 0 Å². The van der Waals surface area contributed by atoms with Crippen LogP contribution < -0.4 is 15.0 Å². The van der Waals surface area contributed by atoms with Crippen LogP contribution >= 0.6 is 12.4 Å². The van der Waals surface area contributed by atoms with Crippen LogP contribution in [0.4, 0.5) is 23.4 Å². The van der Waals surface area contributed by atoms with Crippen LogP contribution in [0.2, 0.25) is 0 Å². The molecule has 0 saturated carbocycles. The van der Waals surface area contributed by atoms with Gasteiger partial charge in [0.1, 0.15) is 24.4 Å². The Balaban J connectivity index is 0.00000342. The fourth-order valence-electron chi connectivity index (χ4n) is 4.43. The first-order valence-corrected chi connectivity index (χ1v) is 11.1. The van der Waals surface area contributed by atoms with Crippen LogP contribution in [0, 0.1) is 11.2 Å². The normalized spacial score (nSPS) is 17.1. The van der Waals surface area contributed by atoms with Crippen LogP contribution in [0.25, 0.3) is 0 Å². The molecule has 0 unspecified atom stereocenters. The molecule has 2 fully saturated rings. The molecule has 1 spiro atoms. The van der Waals surface area contributed by atoms with Gasteiger partial charge >= 0.3 is 6.18 Å². The predicted molar refractivity (Wildman–Crippen MR) is 123 cm³/mol. The van der Waals surface area contributed by atoms with E-state index in [0.29, 0.717) is 10.7 Å². The number of halogens is 5. The average molecular weight is 519 g/mol. The minimum absolute atomic E-state index is 0. The summed E-state index contributed by atoms with van der Waals surface area (Å²) in [5.41, 5.74) is -0.146. The van der Waals surface area contributed by atoms with Crippen molar-refractivity contribution >= 4 is 24.1 Å². The molecule has 3 heterocycles. The molecule has 8 nitrogen and oxygen atoms in total. The second-order valence-corrected chi connectivity index (χ2v) is 9.08. The second kappa shape index (κ2) is 10.5. The van der Waals surface area contributed by atoms with Crippen LogP contribution in [0.1, 0.15) is 37.0 Å². The molecule has 4 rings (SSSR count). The predicted octanol–water partition coefficient (Wildman–Crippen LogP) is 3.83. The molecule has 0 atom stereocenters. The minimum atomic E-state index is -4.61. The summed E-state index contributed by atoms with van der Waals surface area (Å²) in [6.45, 7) is 4.85. The summed E-state index contributed by atoms with van der Waals surface area (Å²) in [4.78, 5) is 19.9. The van der Waals surface area contributed by atoms with E-state index < -0.39 is 30.5 Å². The van der Waals surface area contributed by atoms with Gasteiger partial charge in [0.25, 0.3) is 11.8 Å². The van der Waals surface area contributed by atoms with Crippen molar-refractivity contribution in [1.29, 1.82) is 0 Å². The van der Waals surface area contributed by atoms with E-state index >= 15 is 0 Å². The van der Waals surface area contributed by atoms with E-state index in [-0.39, 0.29) is 35.0 Å². The molecule has 192 valence electrons. The number of anilines is 1. The molecule has 1 aromatic carbocycles. The van der Waals surface area contributed by atoms with E-state index in [1.165, 1.54) is 26.2 Å². The van der Waals surface area contributed by atoms with E-state index in [1.807, 2.05) is 4.90 Å². The first-order chi connectivity index (χ1) is 16.1. The van der Waals surface area contributed by atoms with Crippen molar-refractivity contribution in [2.45, 2.75) is 38.9 Å². The first-order valence-electron chi connectivity index (χ1n) is 11.1. The van der Waals surface area contributed by atoms with Crippen LogP contribution in [0.3, 0.4) is 0 Å². The maximum Gasteiger partial charge on any atom is 0.406 e. The Kier molecular flexibility index (Phi) is 8.05. The van der Waals surface area contributed by atoms with E-state index in [2.05, 4.69) is 20.5 Å². The molecule has 0 bridgehead atoms. The Morgan fingerprint density at radius 3 is 2.57 bits per heavy atom. The Hall–Kier alpha value is -2.73. The highest BCUT2D eigenvalue weighted by atomic mass is 35.5. The lowest BCUT2D eigenvalue weighted by molar-refractivity contribution is -0.143. The molecule has 1 amide bonds. The summed E-state index contributed by atoms with van der Waals surface area (Å²) in [6.07, 6.45) is -1.26. The zero-order chi connectivity index (χ0) is 24.5. The van der Waals surface area contributed by atoms with Crippen LogP contribution in [0.5, 0.6) is 11.6 Å². The molecule has 13 heteroatoms. The van der Waals surface area contributed by atoms with Crippen molar-refractivity contribution < 1.29 is 27.1 Å². The standard InChI is InChI=1S/C22H26F4N6O2.ClH/c1-14(2)32(12-22(24,25)26)20(33)16-9-15(23)3-4-17(16)34-19-18(28-13-29-30-19)31-10-21(11-31)5-7-27-8-6-21;/h3-4,9,13-14,27H,5-8,10-12H2,1-2H3;1H. The number of alkyl halides is 3. The molecule has 2 aliphatic rings. The summed E-state index contributed by atoms with van der Waals surface area (Å²) in [5.74, 6) is -1.49. The van der Waals surface area contributed by atoms with Gasteiger partial charge in [0.15, 0.2) is 5.82 Å².